The number of benzene rings is 1. The van der Waals surface area contributed by atoms with Gasteiger partial charge in [-0.15, -0.1) is 0 Å². The van der Waals surface area contributed by atoms with Gasteiger partial charge in [-0.05, 0) is 50.8 Å². The Morgan fingerprint density at radius 3 is 2.44 bits per heavy atom. The first-order valence-electron chi connectivity index (χ1n) is 4.97. The predicted molar refractivity (Wildman–Crippen MR) is 73.0 cm³/mol. The summed E-state index contributed by atoms with van der Waals surface area (Å²) in [6.45, 7) is 1.98. The van der Waals surface area contributed by atoms with E-state index < -0.39 is 0 Å². The molecule has 2 nitrogen and oxygen atoms in total. The van der Waals surface area contributed by atoms with Crippen molar-refractivity contribution in [3.05, 3.63) is 25.6 Å². The van der Waals surface area contributed by atoms with Crippen LogP contribution in [0.2, 0.25) is 5.02 Å². The van der Waals surface area contributed by atoms with Crippen LogP contribution < -0.4 is 4.90 Å². The molecule has 16 heavy (non-hydrogen) atoms. The van der Waals surface area contributed by atoms with Crippen molar-refractivity contribution in [1.29, 1.82) is 5.26 Å². The fourth-order valence-electron chi connectivity index (χ4n) is 1.94. The highest BCUT2D eigenvalue weighted by molar-refractivity contribution is 9.11. The van der Waals surface area contributed by atoms with Gasteiger partial charge in [0.2, 0.25) is 0 Å². The van der Waals surface area contributed by atoms with E-state index in [2.05, 4.69) is 42.8 Å². The number of hydrogen-bond donors (Lipinski definition) is 0. The van der Waals surface area contributed by atoms with Gasteiger partial charge in [0.1, 0.15) is 6.07 Å². The van der Waals surface area contributed by atoms with Crippen LogP contribution in [-0.2, 0) is 0 Å². The average Bonchev–Trinajstić information content (AvgIpc) is 2.76. The number of nitrogens with zero attached hydrogens (tertiary/aromatic N) is 2. The molecule has 0 aromatic heterocycles. The van der Waals surface area contributed by atoms with Crippen LogP contribution in [-0.4, -0.2) is 13.1 Å². The number of halogens is 3. The number of anilines is 1. The molecular weight excluding hydrogens is 355 g/mol. The van der Waals surface area contributed by atoms with E-state index in [1.807, 2.05) is 6.07 Å². The zero-order chi connectivity index (χ0) is 11.7. The highest BCUT2D eigenvalue weighted by Crippen LogP contribution is 2.40. The lowest BCUT2D eigenvalue weighted by Crippen LogP contribution is -2.19. The van der Waals surface area contributed by atoms with Gasteiger partial charge in [-0.3, -0.25) is 0 Å². The molecule has 1 saturated heterocycles. The van der Waals surface area contributed by atoms with Crippen LogP contribution >= 0.6 is 43.5 Å². The molecule has 0 N–H and O–H groups in total. The molecular formula is C11H9Br2ClN2. The topological polar surface area (TPSA) is 27.0 Å². The van der Waals surface area contributed by atoms with Crippen LogP contribution in [0.15, 0.2) is 15.0 Å². The molecule has 2 rings (SSSR count). The first-order valence-corrected chi connectivity index (χ1v) is 6.94. The van der Waals surface area contributed by atoms with Gasteiger partial charge in [-0.25, -0.2) is 0 Å². The van der Waals surface area contributed by atoms with Gasteiger partial charge in [-0.1, -0.05) is 11.6 Å². The summed E-state index contributed by atoms with van der Waals surface area (Å²) >= 11 is 13.0. The number of rotatable bonds is 1. The van der Waals surface area contributed by atoms with Crippen molar-refractivity contribution in [3.8, 4) is 6.07 Å². The van der Waals surface area contributed by atoms with Gasteiger partial charge >= 0.3 is 0 Å². The summed E-state index contributed by atoms with van der Waals surface area (Å²) in [6, 6.07) is 4.09. The summed E-state index contributed by atoms with van der Waals surface area (Å²) in [5.41, 5.74) is 1.47. The monoisotopic (exact) mass is 362 g/mol. The van der Waals surface area contributed by atoms with Crippen molar-refractivity contribution in [2.75, 3.05) is 18.0 Å². The van der Waals surface area contributed by atoms with Crippen LogP contribution in [0.5, 0.6) is 0 Å². The molecule has 1 aromatic rings. The SMILES string of the molecule is N#Cc1c(Cl)c(Br)cc(Br)c1N1CCCC1. The summed E-state index contributed by atoms with van der Waals surface area (Å²) in [7, 11) is 0. The fraction of sp³-hybridized carbons (Fsp3) is 0.364. The second-order valence-corrected chi connectivity index (χ2v) is 5.77. The summed E-state index contributed by atoms with van der Waals surface area (Å²) in [5.74, 6) is 0. The van der Waals surface area contributed by atoms with Crippen molar-refractivity contribution in [2.45, 2.75) is 12.8 Å². The predicted octanol–water partition coefficient (Wildman–Crippen LogP) is 4.34. The third-order valence-corrected chi connectivity index (χ3v) is 4.53. The van der Waals surface area contributed by atoms with Crippen molar-refractivity contribution >= 4 is 49.1 Å². The zero-order valence-electron chi connectivity index (χ0n) is 8.43. The Kier molecular flexibility index (Phi) is 3.78. The van der Waals surface area contributed by atoms with Crippen LogP contribution in [0.4, 0.5) is 5.69 Å². The molecule has 1 fully saturated rings. The molecule has 0 amide bonds. The Morgan fingerprint density at radius 2 is 1.88 bits per heavy atom. The quantitative estimate of drug-likeness (QED) is 0.693. The van der Waals surface area contributed by atoms with E-state index in [1.165, 1.54) is 12.8 Å². The lowest BCUT2D eigenvalue weighted by Gasteiger charge is -2.21. The van der Waals surface area contributed by atoms with Gasteiger partial charge < -0.3 is 4.90 Å². The minimum absolute atomic E-state index is 0.493. The lowest BCUT2D eigenvalue weighted by atomic mass is 10.2. The van der Waals surface area contributed by atoms with E-state index in [9.17, 15) is 5.26 Å². The first-order chi connectivity index (χ1) is 7.65. The van der Waals surface area contributed by atoms with Crippen LogP contribution in [0, 0.1) is 11.3 Å². The van der Waals surface area contributed by atoms with Gasteiger partial charge in [0, 0.05) is 22.0 Å². The Bertz CT molecular complexity index is 462. The van der Waals surface area contributed by atoms with Crippen molar-refractivity contribution in [3.63, 3.8) is 0 Å². The second kappa shape index (κ2) is 4.95. The molecule has 1 aliphatic heterocycles. The summed E-state index contributed by atoms with van der Waals surface area (Å²) in [5, 5.41) is 9.70. The van der Waals surface area contributed by atoms with Crippen molar-refractivity contribution in [1.82, 2.24) is 0 Å². The molecule has 0 saturated carbocycles. The van der Waals surface area contributed by atoms with Gasteiger partial charge in [0.15, 0.2) is 0 Å². The van der Waals surface area contributed by atoms with E-state index in [-0.39, 0.29) is 0 Å². The summed E-state index contributed by atoms with van der Waals surface area (Å²) < 4.78 is 1.67. The van der Waals surface area contributed by atoms with Gasteiger partial charge in [0.25, 0.3) is 0 Å². The third-order valence-electron chi connectivity index (χ3n) is 2.68. The highest BCUT2D eigenvalue weighted by Gasteiger charge is 2.22. The largest absolute Gasteiger partial charge is 0.370 e. The first kappa shape index (κ1) is 12.2. The lowest BCUT2D eigenvalue weighted by molar-refractivity contribution is 0.949. The highest BCUT2D eigenvalue weighted by atomic mass is 79.9. The molecule has 0 atom stereocenters. The van der Waals surface area contributed by atoms with Gasteiger partial charge in [-0.2, -0.15) is 5.26 Å². The molecule has 1 aliphatic rings. The van der Waals surface area contributed by atoms with Gasteiger partial charge in [0.05, 0.1) is 16.3 Å². The minimum atomic E-state index is 0.493. The molecule has 5 heteroatoms. The Morgan fingerprint density at radius 1 is 1.25 bits per heavy atom. The maximum absolute atomic E-state index is 9.21. The summed E-state index contributed by atoms with van der Waals surface area (Å²) in [6.07, 6.45) is 2.34. The maximum Gasteiger partial charge on any atom is 0.103 e. The third kappa shape index (κ3) is 2.09. The van der Waals surface area contributed by atoms with Crippen molar-refractivity contribution in [2.24, 2.45) is 0 Å². The number of nitriles is 1. The Labute approximate surface area is 116 Å². The molecule has 0 aliphatic carbocycles. The molecule has 0 radical (unpaired) electrons. The van der Waals surface area contributed by atoms with E-state index in [0.29, 0.717) is 10.6 Å². The van der Waals surface area contributed by atoms with E-state index in [4.69, 9.17) is 11.6 Å². The average molecular weight is 364 g/mol. The molecule has 1 aromatic carbocycles. The van der Waals surface area contributed by atoms with Crippen LogP contribution in [0.3, 0.4) is 0 Å². The van der Waals surface area contributed by atoms with Crippen LogP contribution in [0.1, 0.15) is 18.4 Å². The minimum Gasteiger partial charge on any atom is -0.370 e. The maximum atomic E-state index is 9.21. The molecule has 0 unspecified atom stereocenters. The van der Waals surface area contributed by atoms with Crippen LogP contribution in [0.25, 0.3) is 0 Å². The fourth-order valence-corrected chi connectivity index (χ4v) is 3.54. The summed E-state index contributed by atoms with van der Waals surface area (Å²) in [4.78, 5) is 2.21. The molecule has 84 valence electrons. The molecule has 1 heterocycles. The second-order valence-electron chi connectivity index (χ2n) is 3.68. The molecule has 0 bridgehead atoms. The van der Waals surface area contributed by atoms with E-state index in [0.717, 1.165) is 27.7 Å². The Balaban J connectivity index is 2.59. The van der Waals surface area contributed by atoms with Crippen molar-refractivity contribution < 1.29 is 0 Å². The zero-order valence-corrected chi connectivity index (χ0v) is 12.4. The van der Waals surface area contributed by atoms with E-state index in [1.54, 1.807) is 0 Å². The smallest absolute Gasteiger partial charge is 0.103 e. The Hall–Kier alpha value is -0.240. The van der Waals surface area contributed by atoms with E-state index >= 15 is 0 Å². The normalized spacial score (nSPS) is 15.2. The molecule has 0 spiro atoms. The number of hydrogen-bond acceptors (Lipinski definition) is 2. The standard InChI is InChI=1S/C11H9Br2ClN2/c12-8-5-9(13)11(7(6-15)10(8)14)16-3-1-2-4-16/h5H,1-4H2.